The van der Waals surface area contributed by atoms with E-state index in [1.54, 1.807) is 0 Å². The number of nitrogens with zero attached hydrogens (tertiary/aromatic N) is 2. The smallest absolute Gasteiger partial charge is 0.416 e. The maximum absolute atomic E-state index is 13.0. The van der Waals surface area contributed by atoms with Crippen LogP contribution in [0.4, 0.5) is 18.9 Å². The molecule has 2 fully saturated rings. The number of carboxylic acid groups (broad SMARTS) is 1. The van der Waals surface area contributed by atoms with Gasteiger partial charge in [-0.1, -0.05) is 0 Å². The van der Waals surface area contributed by atoms with Crippen molar-refractivity contribution in [3.63, 3.8) is 0 Å². The second-order valence-corrected chi connectivity index (χ2v) is 6.53. The first-order valence-corrected chi connectivity index (χ1v) is 8.29. The van der Waals surface area contributed by atoms with Crippen LogP contribution in [0.2, 0.25) is 0 Å². The lowest BCUT2D eigenvalue weighted by Crippen LogP contribution is -2.44. The maximum atomic E-state index is 13.0. The Balaban J connectivity index is 1.77. The normalized spacial score (nSPS) is 20.5. The Bertz CT molecular complexity index is 604. The molecular weight excluding hydrogens is 321 g/mol. The van der Waals surface area contributed by atoms with Crippen LogP contribution in [0.3, 0.4) is 0 Å². The molecule has 2 saturated heterocycles. The highest BCUT2D eigenvalue weighted by Crippen LogP contribution is 2.34. The monoisotopic (exact) mass is 342 g/mol. The Morgan fingerprint density at radius 3 is 2.21 bits per heavy atom. The van der Waals surface area contributed by atoms with E-state index >= 15 is 0 Å². The molecule has 1 N–H and O–H groups in total. The molecule has 3 rings (SSSR count). The lowest BCUT2D eigenvalue weighted by Gasteiger charge is -2.38. The van der Waals surface area contributed by atoms with E-state index < -0.39 is 17.7 Å². The zero-order chi connectivity index (χ0) is 17.3. The summed E-state index contributed by atoms with van der Waals surface area (Å²) >= 11 is 0. The molecule has 2 heterocycles. The van der Waals surface area contributed by atoms with Gasteiger partial charge in [-0.2, -0.15) is 13.2 Å². The van der Waals surface area contributed by atoms with E-state index in [1.165, 1.54) is 18.9 Å². The Labute approximate surface area is 138 Å². The first-order valence-electron chi connectivity index (χ1n) is 8.29. The van der Waals surface area contributed by atoms with Crippen molar-refractivity contribution in [3.8, 4) is 0 Å². The molecule has 1 aromatic carbocycles. The van der Waals surface area contributed by atoms with Crippen LogP contribution in [-0.2, 0) is 6.18 Å². The number of halogens is 3. The van der Waals surface area contributed by atoms with Crippen LogP contribution in [0, 0.1) is 0 Å². The van der Waals surface area contributed by atoms with Gasteiger partial charge >= 0.3 is 12.1 Å². The highest BCUT2D eigenvalue weighted by atomic mass is 19.4. The zero-order valence-electron chi connectivity index (χ0n) is 13.4. The van der Waals surface area contributed by atoms with E-state index in [2.05, 4.69) is 4.90 Å². The minimum absolute atomic E-state index is 0.318. The molecule has 0 bridgehead atoms. The van der Waals surface area contributed by atoms with Crippen molar-refractivity contribution in [2.75, 3.05) is 31.1 Å². The van der Waals surface area contributed by atoms with Crippen molar-refractivity contribution in [1.82, 2.24) is 4.90 Å². The summed E-state index contributed by atoms with van der Waals surface area (Å²) in [4.78, 5) is 15.5. The van der Waals surface area contributed by atoms with Crippen molar-refractivity contribution in [2.45, 2.75) is 37.9 Å². The van der Waals surface area contributed by atoms with Crippen LogP contribution in [0.15, 0.2) is 18.2 Å². The summed E-state index contributed by atoms with van der Waals surface area (Å²) in [5.41, 5.74) is -0.873. The van der Waals surface area contributed by atoms with E-state index in [4.69, 9.17) is 5.11 Å². The summed E-state index contributed by atoms with van der Waals surface area (Å²) in [6.45, 7) is 3.53. The number of alkyl halides is 3. The second-order valence-electron chi connectivity index (χ2n) is 6.53. The largest absolute Gasteiger partial charge is 0.478 e. The van der Waals surface area contributed by atoms with Gasteiger partial charge in [-0.05, 0) is 57.0 Å². The molecule has 0 aromatic heterocycles. The first kappa shape index (κ1) is 17.1. The van der Waals surface area contributed by atoms with Crippen LogP contribution >= 0.6 is 0 Å². The molecule has 1 aromatic rings. The molecule has 7 heteroatoms. The number of likely N-dealkylation sites (tertiary alicyclic amines) is 1. The van der Waals surface area contributed by atoms with Gasteiger partial charge in [0.05, 0.1) is 11.1 Å². The van der Waals surface area contributed by atoms with Gasteiger partial charge in [-0.3, -0.25) is 0 Å². The van der Waals surface area contributed by atoms with Crippen molar-refractivity contribution in [2.24, 2.45) is 0 Å². The lowest BCUT2D eigenvalue weighted by molar-refractivity contribution is -0.137. The number of rotatable bonds is 3. The maximum Gasteiger partial charge on any atom is 0.416 e. The molecule has 0 amide bonds. The summed E-state index contributed by atoms with van der Waals surface area (Å²) in [6.07, 6.45) is -0.309. The SMILES string of the molecule is O=C(O)c1cc(N2CCC(N3CCCC3)CC2)cc(C(F)(F)F)c1. The van der Waals surface area contributed by atoms with Gasteiger partial charge in [0.1, 0.15) is 0 Å². The lowest BCUT2D eigenvalue weighted by atomic mass is 10.0. The van der Waals surface area contributed by atoms with Crippen molar-refractivity contribution in [3.05, 3.63) is 29.3 Å². The van der Waals surface area contributed by atoms with Crippen LogP contribution in [0.25, 0.3) is 0 Å². The van der Waals surface area contributed by atoms with E-state index in [-0.39, 0.29) is 5.56 Å². The summed E-state index contributed by atoms with van der Waals surface area (Å²) in [5.74, 6) is -1.34. The van der Waals surface area contributed by atoms with Crippen molar-refractivity contribution >= 4 is 11.7 Å². The Morgan fingerprint density at radius 2 is 1.67 bits per heavy atom. The molecular formula is C17H21F3N2O2. The van der Waals surface area contributed by atoms with Gasteiger partial charge < -0.3 is 14.9 Å². The first-order chi connectivity index (χ1) is 11.3. The molecule has 0 saturated carbocycles. The third-order valence-electron chi connectivity index (χ3n) is 4.98. The number of piperidine rings is 1. The van der Waals surface area contributed by atoms with Gasteiger partial charge in [0.25, 0.3) is 0 Å². The Morgan fingerprint density at radius 1 is 1.04 bits per heavy atom. The fourth-order valence-corrected chi connectivity index (χ4v) is 3.68. The minimum atomic E-state index is -4.55. The van der Waals surface area contributed by atoms with E-state index in [0.717, 1.165) is 32.0 Å². The van der Waals surface area contributed by atoms with Gasteiger partial charge in [-0.25, -0.2) is 4.79 Å². The van der Waals surface area contributed by atoms with Gasteiger partial charge in [0.2, 0.25) is 0 Å². The number of benzene rings is 1. The zero-order valence-corrected chi connectivity index (χ0v) is 13.4. The molecule has 0 unspecified atom stereocenters. The average Bonchev–Trinajstić information content (AvgIpc) is 3.08. The Hall–Kier alpha value is -1.76. The van der Waals surface area contributed by atoms with E-state index in [1.807, 2.05) is 4.90 Å². The minimum Gasteiger partial charge on any atom is -0.478 e. The third-order valence-corrected chi connectivity index (χ3v) is 4.98. The van der Waals surface area contributed by atoms with Crippen LogP contribution in [0.1, 0.15) is 41.6 Å². The van der Waals surface area contributed by atoms with Gasteiger partial charge in [-0.15, -0.1) is 0 Å². The topological polar surface area (TPSA) is 43.8 Å². The van der Waals surface area contributed by atoms with Crippen LogP contribution < -0.4 is 4.90 Å². The molecule has 0 aliphatic carbocycles. The number of carbonyl (C=O) groups is 1. The molecule has 0 radical (unpaired) electrons. The van der Waals surface area contributed by atoms with E-state index in [9.17, 15) is 18.0 Å². The second kappa shape index (κ2) is 6.63. The third kappa shape index (κ3) is 3.66. The quantitative estimate of drug-likeness (QED) is 0.914. The standard InChI is InChI=1S/C17H21F3N2O2/c18-17(19,20)13-9-12(16(23)24)10-15(11-13)22-7-3-14(4-8-22)21-5-1-2-6-21/h9-11,14H,1-8H2,(H,23,24). The summed E-state index contributed by atoms with van der Waals surface area (Å²) in [7, 11) is 0. The number of hydrogen-bond donors (Lipinski definition) is 1. The average molecular weight is 342 g/mol. The fraction of sp³-hybridized carbons (Fsp3) is 0.588. The molecule has 2 aliphatic heterocycles. The number of hydrogen-bond acceptors (Lipinski definition) is 3. The number of carboxylic acids is 1. The molecule has 24 heavy (non-hydrogen) atoms. The van der Waals surface area contributed by atoms with Crippen molar-refractivity contribution < 1.29 is 23.1 Å². The number of anilines is 1. The highest BCUT2D eigenvalue weighted by Gasteiger charge is 2.33. The van der Waals surface area contributed by atoms with Crippen LogP contribution in [0.5, 0.6) is 0 Å². The molecule has 0 spiro atoms. The summed E-state index contributed by atoms with van der Waals surface area (Å²) in [6, 6.07) is 3.59. The summed E-state index contributed by atoms with van der Waals surface area (Å²) in [5, 5.41) is 9.09. The molecule has 4 nitrogen and oxygen atoms in total. The van der Waals surface area contributed by atoms with Crippen molar-refractivity contribution in [1.29, 1.82) is 0 Å². The molecule has 0 atom stereocenters. The summed E-state index contributed by atoms with van der Waals surface area (Å²) < 4.78 is 39.1. The van der Waals surface area contributed by atoms with Gasteiger partial charge in [0.15, 0.2) is 0 Å². The fourth-order valence-electron chi connectivity index (χ4n) is 3.68. The van der Waals surface area contributed by atoms with Crippen LogP contribution in [-0.4, -0.2) is 48.2 Å². The molecule has 132 valence electrons. The predicted molar refractivity (Wildman–Crippen MR) is 84.4 cm³/mol. The van der Waals surface area contributed by atoms with Gasteiger partial charge in [0, 0.05) is 24.8 Å². The Kier molecular flexibility index (Phi) is 4.71. The highest BCUT2D eigenvalue weighted by molar-refractivity contribution is 5.89. The predicted octanol–water partition coefficient (Wildman–Crippen LogP) is 3.47. The molecule has 2 aliphatic rings. The van der Waals surface area contributed by atoms with E-state index in [0.29, 0.717) is 30.9 Å². The number of aromatic carboxylic acids is 1.